The molecule has 0 spiro atoms. The van der Waals surface area contributed by atoms with Gasteiger partial charge in [-0.3, -0.25) is 0 Å². The molecule has 10 rings (SSSR count). The maximum atomic E-state index is 2.44. The first kappa shape index (κ1) is 33.2. The van der Waals surface area contributed by atoms with Gasteiger partial charge in [-0.2, -0.15) is 0 Å². The van der Waals surface area contributed by atoms with E-state index >= 15 is 0 Å². The molecule has 0 unspecified atom stereocenters. The minimum absolute atomic E-state index is 1.09. The highest BCUT2D eigenvalue weighted by atomic mass is 15.2. The van der Waals surface area contributed by atoms with Crippen LogP contribution in [0, 0.1) is 0 Å². The molecule has 0 aliphatic rings. The van der Waals surface area contributed by atoms with Gasteiger partial charge in [0.05, 0.1) is 17.1 Å². The molecular weight excluding hydrogens is 677 g/mol. The van der Waals surface area contributed by atoms with Crippen LogP contribution in [0.1, 0.15) is 0 Å². The van der Waals surface area contributed by atoms with Gasteiger partial charge in [0.1, 0.15) is 0 Å². The minimum atomic E-state index is 1.09. The van der Waals surface area contributed by atoms with Crippen molar-refractivity contribution in [1.29, 1.82) is 0 Å². The Hall–Kier alpha value is -7.42. The van der Waals surface area contributed by atoms with Crippen molar-refractivity contribution < 1.29 is 0 Å². The van der Waals surface area contributed by atoms with E-state index in [0.717, 1.165) is 50.6 Å². The van der Waals surface area contributed by atoms with Crippen LogP contribution in [0.4, 0.5) is 34.1 Å². The number of benzene rings is 10. The zero-order valence-electron chi connectivity index (χ0n) is 30.8. The van der Waals surface area contributed by atoms with E-state index in [4.69, 9.17) is 0 Å². The van der Waals surface area contributed by atoms with Crippen LogP contribution in [0.15, 0.2) is 231 Å². The van der Waals surface area contributed by atoms with Gasteiger partial charge in [-0.15, -0.1) is 0 Å². The quantitative estimate of drug-likeness (QED) is 0.155. The summed E-state index contributed by atoms with van der Waals surface area (Å²) >= 11 is 0. The fourth-order valence-electron chi connectivity index (χ4n) is 8.20. The minimum Gasteiger partial charge on any atom is -0.310 e. The third kappa shape index (κ3) is 6.04. The van der Waals surface area contributed by atoms with E-state index in [-0.39, 0.29) is 0 Å². The SMILES string of the molecule is c1ccc(-c2cc3c(-c4ccccc4)cc(N(c4ccccc4)c4cccc5ccccc45)cc3cc2N(c2ccccc2)c2cccc3ccccc23)cc1. The van der Waals surface area contributed by atoms with Gasteiger partial charge in [-0.1, -0.05) is 170 Å². The molecule has 264 valence electrons. The Morgan fingerprint density at radius 1 is 0.232 bits per heavy atom. The number of anilines is 6. The van der Waals surface area contributed by atoms with Crippen molar-refractivity contribution in [1.82, 2.24) is 0 Å². The lowest BCUT2D eigenvalue weighted by atomic mass is 9.91. The zero-order chi connectivity index (χ0) is 37.3. The van der Waals surface area contributed by atoms with Crippen molar-refractivity contribution in [2.75, 3.05) is 9.80 Å². The van der Waals surface area contributed by atoms with E-state index in [1.54, 1.807) is 0 Å². The lowest BCUT2D eigenvalue weighted by Crippen LogP contribution is -2.12. The summed E-state index contributed by atoms with van der Waals surface area (Å²) in [6.45, 7) is 0. The third-order valence-electron chi connectivity index (χ3n) is 10.8. The second-order valence-corrected chi connectivity index (χ2v) is 14.2. The highest BCUT2D eigenvalue weighted by Gasteiger charge is 2.23. The van der Waals surface area contributed by atoms with Gasteiger partial charge in [0.15, 0.2) is 0 Å². The lowest BCUT2D eigenvalue weighted by Gasteiger charge is -2.31. The number of hydrogen-bond acceptors (Lipinski definition) is 2. The molecule has 2 nitrogen and oxygen atoms in total. The summed E-state index contributed by atoms with van der Waals surface area (Å²) in [7, 11) is 0. The van der Waals surface area contributed by atoms with E-state index in [0.29, 0.717) is 0 Å². The molecule has 0 aromatic heterocycles. The van der Waals surface area contributed by atoms with Gasteiger partial charge in [0, 0.05) is 33.4 Å². The van der Waals surface area contributed by atoms with Gasteiger partial charge in [0.2, 0.25) is 0 Å². The molecule has 2 heteroatoms. The molecule has 0 radical (unpaired) electrons. The molecule has 0 aliphatic carbocycles. The summed E-state index contributed by atoms with van der Waals surface area (Å²) in [5.41, 5.74) is 11.3. The molecule has 0 atom stereocenters. The fourth-order valence-corrected chi connectivity index (χ4v) is 8.20. The summed E-state index contributed by atoms with van der Waals surface area (Å²) in [5, 5.41) is 7.15. The molecule has 0 saturated carbocycles. The van der Waals surface area contributed by atoms with Crippen LogP contribution in [0.3, 0.4) is 0 Å². The monoisotopic (exact) mass is 714 g/mol. The largest absolute Gasteiger partial charge is 0.310 e. The van der Waals surface area contributed by atoms with Crippen molar-refractivity contribution in [3.63, 3.8) is 0 Å². The van der Waals surface area contributed by atoms with Crippen LogP contribution in [0.25, 0.3) is 54.6 Å². The molecule has 56 heavy (non-hydrogen) atoms. The van der Waals surface area contributed by atoms with E-state index in [9.17, 15) is 0 Å². The second kappa shape index (κ2) is 14.4. The Labute approximate surface area is 327 Å². The average molecular weight is 715 g/mol. The number of fused-ring (bicyclic) bond motifs is 3. The van der Waals surface area contributed by atoms with Crippen LogP contribution >= 0.6 is 0 Å². The molecule has 10 aromatic carbocycles. The van der Waals surface area contributed by atoms with E-state index in [1.165, 1.54) is 38.1 Å². The standard InChI is InChI=1S/C54H38N2/c1-5-19-41(20-6-1)49-37-46(55(44-27-9-3-10-28-44)52-33-17-25-39-23-13-15-31-47(39)52)35-43-36-54(51(38-50(43)49)42-21-7-2-8-22-42)56(45-29-11-4-12-30-45)53-34-18-26-40-24-14-16-32-48(40)53/h1-38H. The highest BCUT2D eigenvalue weighted by Crippen LogP contribution is 2.48. The molecule has 0 heterocycles. The Morgan fingerprint density at radius 3 is 1.25 bits per heavy atom. The number of hydrogen-bond donors (Lipinski definition) is 0. The number of rotatable bonds is 8. The van der Waals surface area contributed by atoms with Gasteiger partial charge < -0.3 is 9.80 Å². The predicted octanol–water partition coefficient (Wildman–Crippen LogP) is 15.4. The Bertz CT molecular complexity index is 2950. The Morgan fingerprint density at radius 2 is 0.679 bits per heavy atom. The molecule has 0 aliphatic heterocycles. The zero-order valence-corrected chi connectivity index (χ0v) is 30.8. The normalized spacial score (nSPS) is 11.2. The van der Waals surface area contributed by atoms with Crippen molar-refractivity contribution in [3.05, 3.63) is 231 Å². The lowest BCUT2D eigenvalue weighted by molar-refractivity contribution is 1.29. The van der Waals surface area contributed by atoms with Crippen LogP contribution in [0.2, 0.25) is 0 Å². The first-order valence-corrected chi connectivity index (χ1v) is 19.2. The highest BCUT2D eigenvalue weighted by molar-refractivity contribution is 6.09. The summed E-state index contributed by atoms with van der Waals surface area (Å²) in [6, 6.07) is 83.3. The first-order chi connectivity index (χ1) is 27.8. The van der Waals surface area contributed by atoms with Crippen molar-refractivity contribution in [3.8, 4) is 22.3 Å². The fraction of sp³-hybridized carbons (Fsp3) is 0. The van der Waals surface area contributed by atoms with Gasteiger partial charge in [-0.25, -0.2) is 0 Å². The Balaban J connectivity index is 1.32. The van der Waals surface area contributed by atoms with Gasteiger partial charge >= 0.3 is 0 Å². The van der Waals surface area contributed by atoms with Gasteiger partial charge in [-0.05, 0) is 98.9 Å². The Kier molecular flexibility index (Phi) is 8.55. The van der Waals surface area contributed by atoms with Crippen LogP contribution in [-0.4, -0.2) is 0 Å². The maximum absolute atomic E-state index is 2.44. The maximum Gasteiger partial charge on any atom is 0.0546 e. The van der Waals surface area contributed by atoms with Crippen LogP contribution < -0.4 is 9.80 Å². The topological polar surface area (TPSA) is 6.48 Å². The predicted molar refractivity (Wildman–Crippen MR) is 239 cm³/mol. The van der Waals surface area contributed by atoms with Crippen molar-refractivity contribution in [2.24, 2.45) is 0 Å². The second-order valence-electron chi connectivity index (χ2n) is 14.2. The summed E-state index contributed by atoms with van der Waals surface area (Å²) in [4.78, 5) is 4.86. The molecule has 0 N–H and O–H groups in total. The molecule has 0 bridgehead atoms. The third-order valence-corrected chi connectivity index (χ3v) is 10.8. The average Bonchev–Trinajstić information content (AvgIpc) is 3.27. The molecular formula is C54H38N2. The van der Waals surface area contributed by atoms with Crippen LogP contribution in [0.5, 0.6) is 0 Å². The smallest absolute Gasteiger partial charge is 0.0546 e. The number of nitrogens with zero attached hydrogens (tertiary/aromatic N) is 2. The van der Waals surface area contributed by atoms with Crippen LogP contribution in [-0.2, 0) is 0 Å². The van der Waals surface area contributed by atoms with Gasteiger partial charge in [0.25, 0.3) is 0 Å². The molecule has 10 aromatic rings. The van der Waals surface area contributed by atoms with E-state index in [2.05, 4.69) is 240 Å². The number of para-hydroxylation sites is 2. The van der Waals surface area contributed by atoms with E-state index in [1.807, 2.05) is 0 Å². The van der Waals surface area contributed by atoms with E-state index < -0.39 is 0 Å². The molecule has 0 fully saturated rings. The molecule has 0 saturated heterocycles. The summed E-state index contributed by atoms with van der Waals surface area (Å²) in [5.74, 6) is 0. The molecule has 0 amide bonds. The first-order valence-electron chi connectivity index (χ1n) is 19.2. The van der Waals surface area contributed by atoms with Crippen molar-refractivity contribution >= 4 is 66.4 Å². The summed E-state index contributed by atoms with van der Waals surface area (Å²) < 4.78 is 0. The summed E-state index contributed by atoms with van der Waals surface area (Å²) in [6.07, 6.45) is 0. The van der Waals surface area contributed by atoms with Crippen molar-refractivity contribution in [2.45, 2.75) is 0 Å².